The summed E-state index contributed by atoms with van der Waals surface area (Å²) in [4.78, 5) is 0. The van der Waals surface area contributed by atoms with Crippen molar-refractivity contribution in [1.82, 2.24) is 0 Å². The first kappa shape index (κ1) is 14.8. The Bertz CT molecular complexity index is 178. The van der Waals surface area contributed by atoms with Crippen LogP contribution >= 0.6 is 11.8 Å². The highest BCUT2D eigenvalue weighted by atomic mass is 32.2. The molecule has 0 saturated heterocycles. The predicted molar refractivity (Wildman–Crippen MR) is 68.3 cm³/mol. The van der Waals surface area contributed by atoms with Gasteiger partial charge < -0.3 is 9.47 Å². The molecule has 0 aliphatic rings. The zero-order valence-electron chi connectivity index (χ0n) is 9.83. The van der Waals surface area contributed by atoms with Crippen LogP contribution in [0.25, 0.3) is 0 Å². The Morgan fingerprint density at radius 2 is 2.00 bits per heavy atom. The van der Waals surface area contributed by atoms with E-state index in [1.54, 1.807) is 17.8 Å². The van der Waals surface area contributed by atoms with Crippen molar-refractivity contribution >= 4 is 11.8 Å². The van der Waals surface area contributed by atoms with Gasteiger partial charge in [-0.15, -0.1) is 24.9 Å². The molecule has 0 aromatic heterocycles. The van der Waals surface area contributed by atoms with Crippen molar-refractivity contribution in [3.05, 3.63) is 25.3 Å². The standard InChI is InChI=1S/C12H22O2S/c1-5-8-14-12(3,4)7-9-13-11-15-10-6-2/h5-6H,1-2,7-11H2,3-4H3. The molecular weight excluding hydrogens is 208 g/mol. The molecular formula is C12H22O2S. The van der Waals surface area contributed by atoms with Crippen LogP contribution in [0, 0.1) is 0 Å². The minimum atomic E-state index is -0.128. The number of thioether (sulfide) groups is 1. The Morgan fingerprint density at radius 3 is 2.60 bits per heavy atom. The molecule has 0 saturated carbocycles. The maximum Gasteiger partial charge on any atom is 0.0923 e. The van der Waals surface area contributed by atoms with Gasteiger partial charge in [0, 0.05) is 5.75 Å². The number of ether oxygens (including phenoxy) is 2. The fourth-order valence-corrected chi connectivity index (χ4v) is 1.42. The SMILES string of the molecule is C=CCOC(C)(C)CCOCSCC=C. The van der Waals surface area contributed by atoms with Gasteiger partial charge in [-0.3, -0.25) is 0 Å². The van der Waals surface area contributed by atoms with Crippen LogP contribution in [-0.2, 0) is 9.47 Å². The summed E-state index contributed by atoms with van der Waals surface area (Å²) in [6.45, 7) is 12.7. The van der Waals surface area contributed by atoms with E-state index < -0.39 is 0 Å². The third-order valence-corrected chi connectivity index (χ3v) is 2.65. The topological polar surface area (TPSA) is 18.5 Å². The normalized spacial score (nSPS) is 11.3. The minimum Gasteiger partial charge on any atom is -0.371 e. The average molecular weight is 230 g/mol. The van der Waals surface area contributed by atoms with Crippen LogP contribution in [-0.4, -0.2) is 30.5 Å². The molecule has 15 heavy (non-hydrogen) atoms. The third kappa shape index (κ3) is 10.0. The molecule has 0 bridgehead atoms. The Labute approximate surface area is 97.7 Å². The van der Waals surface area contributed by atoms with Crippen molar-refractivity contribution in [2.45, 2.75) is 25.9 Å². The molecule has 3 heteroatoms. The van der Waals surface area contributed by atoms with Crippen molar-refractivity contribution in [3.63, 3.8) is 0 Å². The summed E-state index contributed by atoms with van der Waals surface area (Å²) in [7, 11) is 0. The van der Waals surface area contributed by atoms with Crippen LogP contribution < -0.4 is 0 Å². The predicted octanol–water partition coefficient (Wildman–Crippen LogP) is 3.25. The first-order valence-electron chi connectivity index (χ1n) is 5.13. The lowest BCUT2D eigenvalue weighted by atomic mass is 10.1. The van der Waals surface area contributed by atoms with E-state index in [0.29, 0.717) is 6.61 Å². The highest BCUT2D eigenvalue weighted by molar-refractivity contribution is 7.99. The van der Waals surface area contributed by atoms with Crippen molar-refractivity contribution in [2.75, 3.05) is 24.9 Å². The van der Waals surface area contributed by atoms with E-state index in [9.17, 15) is 0 Å². The van der Waals surface area contributed by atoms with Crippen molar-refractivity contribution in [3.8, 4) is 0 Å². The van der Waals surface area contributed by atoms with E-state index in [2.05, 4.69) is 27.0 Å². The molecule has 0 aromatic carbocycles. The van der Waals surface area contributed by atoms with E-state index in [0.717, 1.165) is 24.7 Å². The maximum absolute atomic E-state index is 5.59. The van der Waals surface area contributed by atoms with Crippen LogP contribution in [0.2, 0.25) is 0 Å². The molecule has 0 rings (SSSR count). The van der Waals surface area contributed by atoms with Crippen molar-refractivity contribution in [2.24, 2.45) is 0 Å². The third-order valence-electron chi connectivity index (χ3n) is 1.84. The van der Waals surface area contributed by atoms with Gasteiger partial charge in [-0.05, 0) is 20.3 Å². The van der Waals surface area contributed by atoms with Gasteiger partial charge in [0.25, 0.3) is 0 Å². The van der Waals surface area contributed by atoms with E-state index in [1.165, 1.54) is 0 Å². The monoisotopic (exact) mass is 230 g/mol. The van der Waals surface area contributed by atoms with E-state index in [-0.39, 0.29) is 5.60 Å². The van der Waals surface area contributed by atoms with Crippen LogP contribution in [0.4, 0.5) is 0 Å². The number of hydrogen-bond donors (Lipinski definition) is 0. The Hall–Kier alpha value is -0.250. The van der Waals surface area contributed by atoms with E-state index >= 15 is 0 Å². The smallest absolute Gasteiger partial charge is 0.0923 e. The van der Waals surface area contributed by atoms with Gasteiger partial charge in [-0.2, -0.15) is 0 Å². The molecule has 0 N–H and O–H groups in total. The molecule has 0 aliphatic heterocycles. The zero-order chi connectivity index (χ0) is 11.6. The molecule has 88 valence electrons. The van der Waals surface area contributed by atoms with Crippen LogP contribution in [0.15, 0.2) is 25.3 Å². The number of rotatable bonds is 10. The summed E-state index contributed by atoms with van der Waals surface area (Å²) >= 11 is 1.72. The molecule has 0 aliphatic carbocycles. The molecule has 0 atom stereocenters. The lowest BCUT2D eigenvalue weighted by Gasteiger charge is -2.24. The Morgan fingerprint density at radius 1 is 1.27 bits per heavy atom. The fourth-order valence-electron chi connectivity index (χ4n) is 0.924. The summed E-state index contributed by atoms with van der Waals surface area (Å²) in [5.74, 6) is 1.67. The highest BCUT2D eigenvalue weighted by Crippen LogP contribution is 2.14. The van der Waals surface area contributed by atoms with Gasteiger partial charge in [0.2, 0.25) is 0 Å². The van der Waals surface area contributed by atoms with Gasteiger partial charge >= 0.3 is 0 Å². The lowest BCUT2D eigenvalue weighted by molar-refractivity contribution is -0.0234. The molecule has 0 radical (unpaired) electrons. The number of hydrogen-bond acceptors (Lipinski definition) is 3. The van der Waals surface area contributed by atoms with Gasteiger partial charge in [-0.25, -0.2) is 0 Å². The summed E-state index contributed by atoms with van der Waals surface area (Å²) in [6, 6.07) is 0. The summed E-state index contributed by atoms with van der Waals surface area (Å²) < 4.78 is 11.0. The second kappa shape index (κ2) is 9.01. The highest BCUT2D eigenvalue weighted by Gasteiger charge is 2.16. The lowest BCUT2D eigenvalue weighted by Crippen LogP contribution is -2.26. The Kier molecular flexibility index (Phi) is 8.86. The van der Waals surface area contributed by atoms with Gasteiger partial charge in [-0.1, -0.05) is 12.2 Å². The average Bonchev–Trinajstić information content (AvgIpc) is 2.20. The molecule has 2 nitrogen and oxygen atoms in total. The van der Waals surface area contributed by atoms with Crippen molar-refractivity contribution in [1.29, 1.82) is 0 Å². The summed E-state index contributed by atoms with van der Waals surface area (Å²) in [5.41, 5.74) is -0.128. The molecule has 0 unspecified atom stereocenters. The van der Waals surface area contributed by atoms with Crippen LogP contribution in [0.5, 0.6) is 0 Å². The van der Waals surface area contributed by atoms with Gasteiger partial charge in [0.1, 0.15) is 0 Å². The molecule has 0 fully saturated rings. The fraction of sp³-hybridized carbons (Fsp3) is 0.667. The summed E-state index contributed by atoms with van der Waals surface area (Å²) in [5, 5.41) is 0. The maximum atomic E-state index is 5.59. The quantitative estimate of drug-likeness (QED) is 0.326. The largest absolute Gasteiger partial charge is 0.371 e. The van der Waals surface area contributed by atoms with Crippen molar-refractivity contribution < 1.29 is 9.47 Å². The Balaban J connectivity index is 3.39. The van der Waals surface area contributed by atoms with Gasteiger partial charge in [0.15, 0.2) is 0 Å². The zero-order valence-corrected chi connectivity index (χ0v) is 10.6. The second-order valence-electron chi connectivity index (χ2n) is 3.79. The molecule has 0 spiro atoms. The van der Waals surface area contributed by atoms with Crippen LogP contribution in [0.3, 0.4) is 0 Å². The van der Waals surface area contributed by atoms with E-state index in [1.807, 2.05) is 6.08 Å². The molecule has 0 heterocycles. The first-order valence-corrected chi connectivity index (χ1v) is 6.29. The van der Waals surface area contributed by atoms with Gasteiger partial charge in [0.05, 0.1) is 24.8 Å². The van der Waals surface area contributed by atoms with Crippen LogP contribution in [0.1, 0.15) is 20.3 Å². The minimum absolute atomic E-state index is 0.128. The second-order valence-corrected chi connectivity index (χ2v) is 4.77. The summed E-state index contributed by atoms with van der Waals surface area (Å²) in [6.07, 6.45) is 4.54. The molecule has 0 aromatic rings. The first-order chi connectivity index (χ1) is 7.12. The molecule has 0 amide bonds. The van der Waals surface area contributed by atoms with E-state index in [4.69, 9.17) is 9.47 Å².